The Morgan fingerprint density at radius 1 is 1.29 bits per heavy atom. The number of nitrogens with zero attached hydrogens (tertiary/aromatic N) is 3. The molecule has 122 valence electrons. The van der Waals surface area contributed by atoms with Gasteiger partial charge in [-0.15, -0.1) is 5.10 Å². The summed E-state index contributed by atoms with van der Waals surface area (Å²) in [6.45, 7) is 0.174. The average molecular weight is 325 g/mol. The molecule has 24 heavy (non-hydrogen) atoms. The van der Waals surface area contributed by atoms with E-state index in [0.717, 1.165) is 10.8 Å². The summed E-state index contributed by atoms with van der Waals surface area (Å²) in [5.41, 5.74) is 4.06. The fourth-order valence-corrected chi connectivity index (χ4v) is 2.19. The van der Waals surface area contributed by atoms with Crippen LogP contribution in [0, 0.1) is 0 Å². The molecule has 3 aromatic rings. The molecule has 0 saturated carbocycles. The molecule has 2 heterocycles. The number of hydrogen-bond acceptors (Lipinski definition) is 6. The predicted molar refractivity (Wildman–Crippen MR) is 86.2 cm³/mol. The van der Waals surface area contributed by atoms with Gasteiger partial charge in [-0.2, -0.15) is 5.10 Å². The van der Waals surface area contributed by atoms with Crippen LogP contribution >= 0.6 is 0 Å². The summed E-state index contributed by atoms with van der Waals surface area (Å²) in [4.78, 5) is 14.9. The van der Waals surface area contributed by atoms with Crippen molar-refractivity contribution in [3.8, 4) is 5.88 Å². The Balaban J connectivity index is 1.87. The average Bonchev–Trinajstić information content (AvgIpc) is 2.61. The minimum atomic E-state index is -1.01. The number of nitrogens with one attached hydrogen (secondary N) is 2. The molecule has 0 unspecified atom stereocenters. The van der Waals surface area contributed by atoms with Gasteiger partial charge in [0.1, 0.15) is 6.61 Å². The van der Waals surface area contributed by atoms with Gasteiger partial charge in [0, 0.05) is 24.0 Å². The van der Waals surface area contributed by atoms with Crippen molar-refractivity contribution >= 4 is 16.7 Å². The largest absolute Gasteiger partial charge is 0.478 e. The van der Waals surface area contributed by atoms with Crippen molar-refractivity contribution in [1.29, 1.82) is 0 Å². The van der Waals surface area contributed by atoms with Gasteiger partial charge < -0.3 is 15.3 Å². The number of aromatic amines is 1. The number of benzene rings is 1. The molecular formula is C16H15N5O3. The maximum absolute atomic E-state index is 10.8. The molecule has 0 aliphatic heterocycles. The third kappa shape index (κ3) is 3.17. The Kier molecular flexibility index (Phi) is 4.37. The summed E-state index contributed by atoms with van der Waals surface area (Å²) in [5.74, 6) is -0.592. The monoisotopic (exact) mass is 325 g/mol. The van der Waals surface area contributed by atoms with Crippen LogP contribution in [0.3, 0.4) is 0 Å². The molecule has 0 aliphatic rings. The number of carboxylic acids is 1. The highest BCUT2D eigenvalue weighted by Gasteiger charge is 2.08. The van der Waals surface area contributed by atoms with E-state index in [0.29, 0.717) is 17.1 Å². The van der Waals surface area contributed by atoms with Gasteiger partial charge in [-0.25, -0.2) is 4.79 Å². The van der Waals surface area contributed by atoms with Gasteiger partial charge in [0.15, 0.2) is 5.49 Å². The Labute approximate surface area is 136 Å². The zero-order valence-electron chi connectivity index (χ0n) is 12.9. The van der Waals surface area contributed by atoms with E-state index >= 15 is 0 Å². The van der Waals surface area contributed by atoms with Crippen LogP contribution in [-0.2, 0) is 6.61 Å². The van der Waals surface area contributed by atoms with E-state index in [1.807, 2.05) is 24.3 Å². The van der Waals surface area contributed by atoms with Crippen molar-refractivity contribution in [2.24, 2.45) is 5.10 Å². The van der Waals surface area contributed by atoms with Crippen LogP contribution in [-0.4, -0.2) is 33.3 Å². The zero-order chi connectivity index (χ0) is 16.9. The third-order valence-corrected chi connectivity index (χ3v) is 3.33. The van der Waals surface area contributed by atoms with Gasteiger partial charge in [-0.05, 0) is 18.2 Å². The number of ether oxygens (including phenoxy) is 1. The molecule has 0 saturated heterocycles. The Bertz CT molecular complexity index is 934. The van der Waals surface area contributed by atoms with E-state index in [2.05, 4.69) is 25.7 Å². The smallest absolute Gasteiger partial charge is 0.337 e. The second-order valence-corrected chi connectivity index (χ2v) is 4.89. The molecule has 0 radical (unpaired) electrons. The first-order valence-electron chi connectivity index (χ1n) is 7.18. The molecule has 8 heteroatoms. The van der Waals surface area contributed by atoms with E-state index < -0.39 is 5.97 Å². The Morgan fingerprint density at radius 2 is 2.08 bits per heavy atom. The summed E-state index contributed by atoms with van der Waals surface area (Å²) in [5, 5.41) is 21.7. The first-order valence-corrected chi connectivity index (χ1v) is 7.18. The van der Waals surface area contributed by atoms with Crippen LogP contribution in [0.2, 0.25) is 0 Å². The van der Waals surface area contributed by atoms with Gasteiger partial charge >= 0.3 is 5.97 Å². The number of fused-ring (bicyclic) bond motifs is 1. The van der Waals surface area contributed by atoms with Gasteiger partial charge in [-0.1, -0.05) is 18.2 Å². The summed E-state index contributed by atoms with van der Waals surface area (Å²) < 4.78 is 5.72. The van der Waals surface area contributed by atoms with Crippen LogP contribution in [0.1, 0.15) is 16.1 Å². The van der Waals surface area contributed by atoms with Crippen LogP contribution in [0.5, 0.6) is 5.88 Å². The van der Waals surface area contributed by atoms with Gasteiger partial charge in [-0.3, -0.25) is 10.1 Å². The fraction of sp³-hybridized carbons (Fsp3) is 0.125. The molecule has 0 bridgehead atoms. The predicted octanol–water partition coefficient (Wildman–Crippen LogP) is 1.27. The molecular weight excluding hydrogens is 310 g/mol. The van der Waals surface area contributed by atoms with Crippen molar-refractivity contribution in [1.82, 2.24) is 20.6 Å². The first-order chi connectivity index (χ1) is 11.7. The molecule has 0 amide bonds. The lowest BCUT2D eigenvalue weighted by Crippen LogP contribution is -2.16. The lowest BCUT2D eigenvalue weighted by molar-refractivity contribution is 0.0696. The van der Waals surface area contributed by atoms with E-state index in [4.69, 9.17) is 9.84 Å². The van der Waals surface area contributed by atoms with Gasteiger partial charge in [0.05, 0.1) is 11.3 Å². The van der Waals surface area contributed by atoms with Crippen molar-refractivity contribution < 1.29 is 14.6 Å². The quantitative estimate of drug-likeness (QED) is 0.609. The maximum Gasteiger partial charge on any atom is 0.337 e. The van der Waals surface area contributed by atoms with Crippen molar-refractivity contribution in [3.63, 3.8) is 0 Å². The SMILES string of the molecule is CN/N=c1\[nH]nc(OCc2ccc(C(=O)O)cn2)c2ccccc12. The standard InChI is InChI=1S/C16H15N5O3/c1-17-19-14-12-4-2-3-5-13(12)15(21-20-14)24-9-11-7-6-10(8-18-11)16(22)23/h2-8,17H,9H2,1H3,(H,19,20)(H,22,23). The summed E-state index contributed by atoms with van der Waals surface area (Å²) in [7, 11) is 1.71. The highest BCUT2D eigenvalue weighted by molar-refractivity contribution is 5.87. The van der Waals surface area contributed by atoms with E-state index in [1.54, 1.807) is 13.1 Å². The first kappa shape index (κ1) is 15.5. The number of pyridine rings is 1. The number of H-pyrrole nitrogens is 1. The number of rotatable bonds is 5. The molecule has 2 aromatic heterocycles. The normalized spacial score (nSPS) is 11.5. The van der Waals surface area contributed by atoms with Gasteiger partial charge in [0.2, 0.25) is 5.88 Å². The van der Waals surface area contributed by atoms with E-state index in [-0.39, 0.29) is 12.2 Å². The number of carbonyl (C=O) groups is 1. The number of aromatic carboxylic acids is 1. The van der Waals surface area contributed by atoms with E-state index in [1.165, 1.54) is 12.3 Å². The zero-order valence-corrected chi connectivity index (χ0v) is 12.9. The number of hydrogen-bond donors (Lipinski definition) is 3. The van der Waals surface area contributed by atoms with Crippen molar-refractivity contribution in [2.75, 3.05) is 7.05 Å². The summed E-state index contributed by atoms with van der Waals surface area (Å²) in [6.07, 6.45) is 1.30. The van der Waals surface area contributed by atoms with Gasteiger partial charge in [0.25, 0.3) is 0 Å². The highest BCUT2D eigenvalue weighted by Crippen LogP contribution is 2.20. The van der Waals surface area contributed by atoms with Crippen molar-refractivity contribution in [3.05, 3.63) is 59.3 Å². The summed E-state index contributed by atoms with van der Waals surface area (Å²) >= 11 is 0. The van der Waals surface area contributed by atoms with Crippen LogP contribution < -0.4 is 15.7 Å². The number of aromatic nitrogens is 3. The molecule has 8 nitrogen and oxygen atoms in total. The number of carboxylic acid groups (broad SMARTS) is 1. The summed E-state index contributed by atoms with van der Waals surface area (Å²) in [6, 6.07) is 10.7. The topological polar surface area (TPSA) is 112 Å². The maximum atomic E-state index is 10.8. The second-order valence-electron chi connectivity index (χ2n) is 4.89. The molecule has 0 spiro atoms. The molecule has 3 N–H and O–H groups in total. The Hall–Kier alpha value is -3.42. The van der Waals surface area contributed by atoms with Crippen molar-refractivity contribution in [2.45, 2.75) is 6.61 Å². The molecule has 0 aliphatic carbocycles. The fourth-order valence-electron chi connectivity index (χ4n) is 2.19. The van der Waals surface area contributed by atoms with Crippen LogP contribution in [0.25, 0.3) is 10.8 Å². The third-order valence-electron chi connectivity index (χ3n) is 3.33. The minimum absolute atomic E-state index is 0.133. The lowest BCUT2D eigenvalue weighted by Gasteiger charge is -2.08. The minimum Gasteiger partial charge on any atom is -0.478 e. The van der Waals surface area contributed by atoms with E-state index in [9.17, 15) is 4.79 Å². The Morgan fingerprint density at radius 3 is 2.75 bits per heavy atom. The van der Waals surface area contributed by atoms with Crippen LogP contribution in [0.4, 0.5) is 0 Å². The molecule has 3 rings (SSSR count). The lowest BCUT2D eigenvalue weighted by atomic mass is 10.2. The highest BCUT2D eigenvalue weighted by atomic mass is 16.5. The molecule has 1 aromatic carbocycles. The van der Waals surface area contributed by atoms with Crippen LogP contribution in [0.15, 0.2) is 47.7 Å². The molecule has 0 atom stereocenters. The second kappa shape index (κ2) is 6.78. The molecule has 0 fully saturated rings.